The topological polar surface area (TPSA) is 22.1 Å². The average Bonchev–Trinajstić information content (AvgIpc) is 2.30. The van der Waals surface area contributed by atoms with Crippen LogP contribution in [0.25, 0.3) is 10.9 Å². The van der Waals surface area contributed by atoms with E-state index < -0.39 is 0 Å². The molecular formula is C13H13ClFNO. The van der Waals surface area contributed by atoms with Crippen molar-refractivity contribution in [2.75, 3.05) is 7.11 Å². The van der Waals surface area contributed by atoms with Gasteiger partial charge in [-0.2, -0.15) is 0 Å². The monoisotopic (exact) mass is 253 g/mol. The summed E-state index contributed by atoms with van der Waals surface area (Å²) in [7, 11) is 1.49. The number of ether oxygens (including phenoxy) is 1. The summed E-state index contributed by atoms with van der Waals surface area (Å²) in [5.41, 5.74) is 1.54. The van der Waals surface area contributed by atoms with E-state index in [2.05, 4.69) is 11.9 Å². The molecule has 0 aliphatic rings. The van der Waals surface area contributed by atoms with Crippen molar-refractivity contribution in [2.24, 2.45) is 0 Å². The summed E-state index contributed by atoms with van der Waals surface area (Å²) in [6, 6.07) is 4.63. The Balaban J connectivity index is 2.68. The highest BCUT2D eigenvalue weighted by Gasteiger charge is 2.10. The van der Waals surface area contributed by atoms with Gasteiger partial charge >= 0.3 is 0 Å². The molecule has 0 bridgehead atoms. The van der Waals surface area contributed by atoms with Gasteiger partial charge in [-0.05, 0) is 24.1 Å². The normalized spacial score (nSPS) is 10.8. The van der Waals surface area contributed by atoms with E-state index in [1.807, 2.05) is 6.07 Å². The van der Waals surface area contributed by atoms with Crippen LogP contribution in [0.3, 0.4) is 0 Å². The number of hydrogen-bond acceptors (Lipinski definition) is 2. The van der Waals surface area contributed by atoms with Crippen molar-refractivity contribution in [3.8, 4) is 5.75 Å². The van der Waals surface area contributed by atoms with E-state index >= 15 is 0 Å². The van der Waals surface area contributed by atoms with Crippen molar-refractivity contribution in [1.29, 1.82) is 0 Å². The molecule has 1 aromatic carbocycles. The molecule has 2 rings (SSSR count). The van der Waals surface area contributed by atoms with Crippen LogP contribution in [-0.4, -0.2) is 12.1 Å². The molecule has 0 saturated heterocycles. The number of benzene rings is 1. The van der Waals surface area contributed by atoms with Crippen LogP contribution in [0.4, 0.5) is 4.39 Å². The van der Waals surface area contributed by atoms with Gasteiger partial charge in [-0.25, -0.2) is 9.37 Å². The molecule has 0 amide bonds. The Hall–Kier alpha value is -1.35. The summed E-state index contributed by atoms with van der Waals surface area (Å²) < 4.78 is 18.5. The highest BCUT2D eigenvalue weighted by atomic mass is 35.5. The Bertz CT molecular complexity index is 557. The maximum atomic E-state index is 13.4. The lowest BCUT2D eigenvalue weighted by Gasteiger charge is -2.08. The first-order valence-corrected chi connectivity index (χ1v) is 5.86. The first kappa shape index (κ1) is 12.1. The van der Waals surface area contributed by atoms with Gasteiger partial charge < -0.3 is 4.74 Å². The number of methoxy groups -OCH3 is 1. The predicted octanol–water partition coefficient (Wildman–Crippen LogP) is 3.99. The number of fused-ring (bicyclic) bond motifs is 1. The van der Waals surface area contributed by atoms with Crippen LogP contribution < -0.4 is 4.74 Å². The second kappa shape index (κ2) is 4.88. The first-order valence-electron chi connectivity index (χ1n) is 5.48. The summed E-state index contributed by atoms with van der Waals surface area (Å²) in [5, 5.41) is 1.18. The average molecular weight is 254 g/mol. The molecule has 0 aliphatic heterocycles. The van der Waals surface area contributed by atoms with Crippen LogP contribution in [0.2, 0.25) is 5.15 Å². The molecule has 1 aromatic heterocycles. The summed E-state index contributed by atoms with van der Waals surface area (Å²) >= 11 is 6.09. The molecule has 0 atom stereocenters. The maximum absolute atomic E-state index is 13.4. The molecule has 90 valence electrons. The lowest BCUT2D eigenvalue weighted by molar-refractivity contribution is 0.415. The fourth-order valence-electron chi connectivity index (χ4n) is 1.84. The Morgan fingerprint density at radius 2 is 2.12 bits per heavy atom. The van der Waals surface area contributed by atoms with Crippen molar-refractivity contribution in [1.82, 2.24) is 4.98 Å². The van der Waals surface area contributed by atoms with Crippen LogP contribution in [0, 0.1) is 5.82 Å². The highest BCUT2D eigenvalue weighted by molar-refractivity contribution is 6.30. The highest BCUT2D eigenvalue weighted by Crippen LogP contribution is 2.29. The van der Waals surface area contributed by atoms with Gasteiger partial charge in [0.1, 0.15) is 22.2 Å². The number of pyridine rings is 1. The summed E-state index contributed by atoms with van der Waals surface area (Å²) in [5.74, 6) is 0.0749. The fourth-order valence-corrected chi connectivity index (χ4v) is 2.08. The van der Waals surface area contributed by atoms with E-state index in [9.17, 15) is 4.39 Å². The summed E-state index contributed by atoms with van der Waals surface area (Å²) in [4.78, 5) is 4.28. The molecule has 0 saturated carbocycles. The van der Waals surface area contributed by atoms with Crippen molar-refractivity contribution >= 4 is 22.5 Å². The third kappa shape index (κ3) is 2.34. The third-order valence-corrected chi connectivity index (χ3v) is 2.94. The lowest BCUT2D eigenvalue weighted by Crippen LogP contribution is -1.94. The minimum absolute atomic E-state index is 0.332. The van der Waals surface area contributed by atoms with Crippen molar-refractivity contribution < 1.29 is 9.13 Å². The standard InChI is InChI=1S/C13H13ClFNO/c1-3-4-8-5-9-6-10(15)7-11(17-2)12(9)16-13(8)14/h5-7H,3-4H2,1-2H3. The SMILES string of the molecule is CCCc1cc2cc(F)cc(OC)c2nc1Cl. The molecule has 2 nitrogen and oxygen atoms in total. The molecule has 2 aromatic rings. The Labute approximate surface area is 104 Å². The van der Waals surface area contributed by atoms with Gasteiger partial charge in [-0.1, -0.05) is 24.9 Å². The van der Waals surface area contributed by atoms with E-state index in [1.54, 1.807) is 0 Å². The second-order valence-electron chi connectivity index (χ2n) is 3.87. The van der Waals surface area contributed by atoms with E-state index in [0.717, 1.165) is 23.8 Å². The molecule has 0 aliphatic carbocycles. The van der Waals surface area contributed by atoms with Crippen LogP contribution in [0.15, 0.2) is 18.2 Å². The van der Waals surface area contributed by atoms with E-state index in [-0.39, 0.29) is 5.82 Å². The third-order valence-electron chi connectivity index (χ3n) is 2.61. The Morgan fingerprint density at radius 1 is 1.35 bits per heavy atom. The number of hydrogen-bond donors (Lipinski definition) is 0. The second-order valence-corrected chi connectivity index (χ2v) is 4.23. The number of aryl methyl sites for hydroxylation is 1. The molecule has 4 heteroatoms. The largest absolute Gasteiger partial charge is 0.494 e. The summed E-state index contributed by atoms with van der Waals surface area (Å²) in [6.45, 7) is 2.06. The van der Waals surface area contributed by atoms with E-state index in [1.165, 1.54) is 19.2 Å². The molecular weight excluding hydrogens is 241 g/mol. The molecule has 0 spiro atoms. The van der Waals surface area contributed by atoms with Crippen LogP contribution >= 0.6 is 11.6 Å². The van der Waals surface area contributed by atoms with Crippen molar-refractivity contribution in [2.45, 2.75) is 19.8 Å². The maximum Gasteiger partial charge on any atom is 0.148 e. The molecule has 0 radical (unpaired) electrons. The van der Waals surface area contributed by atoms with Gasteiger partial charge in [0.25, 0.3) is 0 Å². The van der Waals surface area contributed by atoms with Crippen molar-refractivity contribution in [3.05, 3.63) is 34.7 Å². The Morgan fingerprint density at radius 3 is 2.76 bits per heavy atom. The first-order chi connectivity index (χ1) is 8.15. The molecule has 17 heavy (non-hydrogen) atoms. The smallest absolute Gasteiger partial charge is 0.148 e. The molecule has 0 N–H and O–H groups in total. The number of nitrogens with zero attached hydrogens (tertiary/aromatic N) is 1. The zero-order valence-electron chi connectivity index (χ0n) is 9.76. The van der Waals surface area contributed by atoms with Gasteiger partial charge in [-0.3, -0.25) is 0 Å². The lowest BCUT2D eigenvalue weighted by atomic mass is 10.1. The van der Waals surface area contributed by atoms with Gasteiger partial charge in [0.05, 0.1) is 7.11 Å². The Kier molecular flexibility index (Phi) is 3.48. The van der Waals surface area contributed by atoms with Crippen LogP contribution in [0.5, 0.6) is 5.75 Å². The van der Waals surface area contributed by atoms with Gasteiger partial charge in [0.15, 0.2) is 0 Å². The van der Waals surface area contributed by atoms with E-state index in [0.29, 0.717) is 16.4 Å². The predicted molar refractivity (Wildman–Crippen MR) is 67.3 cm³/mol. The number of aromatic nitrogens is 1. The molecule has 0 fully saturated rings. The zero-order valence-corrected chi connectivity index (χ0v) is 10.5. The minimum atomic E-state index is -0.332. The minimum Gasteiger partial charge on any atom is -0.494 e. The summed E-state index contributed by atoms with van der Waals surface area (Å²) in [6.07, 6.45) is 1.81. The molecule has 1 heterocycles. The van der Waals surface area contributed by atoms with Crippen LogP contribution in [0.1, 0.15) is 18.9 Å². The fraction of sp³-hybridized carbons (Fsp3) is 0.308. The van der Waals surface area contributed by atoms with Crippen molar-refractivity contribution in [3.63, 3.8) is 0 Å². The number of rotatable bonds is 3. The molecule has 0 unspecified atom stereocenters. The van der Waals surface area contributed by atoms with Crippen LogP contribution in [-0.2, 0) is 6.42 Å². The van der Waals surface area contributed by atoms with E-state index in [4.69, 9.17) is 16.3 Å². The van der Waals surface area contributed by atoms with Gasteiger partial charge in [0.2, 0.25) is 0 Å². The quantitative estimate of drug-likeness (QED) is 0.772. The van der Waals surface area contributed by atoms with Gasteiger partial charge in [0, 0.05) is 11.5 Å². The zero-order chi connectivity index (χ0) is 12.4. The number of halogens is 2. The van der Waals surface area contributed by atoms with Gasteiger partial charge in [-0.15, -0.1) is 0 Å².